The van der Waals surface area contributed by atoms with Gasteiger partial charge in [0.05, 0.1) is 15.9 Å². The molecular weight excluding hydrogens is 753 g/mol. The topological polar surface area (TPSA) is 64.7 Å². The van der Waals surface area contributed by atoms with Crippen LogP contribution in [0.1, 0.15) is 0 Å². The summed E-state index contributed by atoms with van der Waals surface area (Å²) in [6, 6.07) is 67.4. The van der Waals surface area contributed by atoms with E-state index in [2.05, 4.69) is 140 Å². The Hall–Kier alpha value is -7.80. The van der Waals surface area contributed by atoms with Crippen molar-refractivity contribution in [3.63, 3.8) is 0 Å². The largest absolute Gasteiger partial charge is 0.456 e. The van der Waals surface area contributed by atoms with Gasteiger partial charge in [-0.15, -0.1) is 11.3 Å². The van der Waals surface area contributed by atoms with Gasteiger partial charge in [0.2, 0.25) is 0 Å². The van der Waals surface area contributed by atoms with Gasteiger partial charge in [0, 0.05) is 53.9 Å². The Balaban J connectivity index is 0.927. The molecule has 12 aromatic rings. The highest BCUT2D eigenvalue weighted by atomic mass is 32.1. The lowest BCUT2D eigenvalue weighted by atomic mass is 9.98. The third-order valence-corrected chi connectivity index (χ3v) is 12.5. The molecule has 0 radical (unpaired) electrons. The Bertz CT molecular complexity index is 3580. The maximum atomic E-state index is 6.18. The molecule has 60 heavy (non-hydrogen) atoms. The van der Waals surface area contributed by atoms with Gasteiger partial charge in [0.25, 0.3) is 0 Å². The summed E-state index contributed by atoms with van der Waals surface area (Å²) in [5.74, 6) is 1.87. The quantitative estimate of drug-likeness (QED) is 0.168. The highest BCUT2D eigenvalue weighted by molar-refractivity contribution is 7.26. The average Bonchev–Trinajstić information content (AvgIpc) is 3.91. The number of hydrogen-bond donors (Lipinski definition) is 0. The van der Waals surface area contributed by atoms with Gasteiger partial charge in [-0.3, -0.25) is 0 Å². The molecule has 0 amide bonds. The summed E-state index contributed by atoms with van der Waals surface area (Å²) in [6.45, 7) is 0. The van der Waals surface area contributed by atoms with Gasteiger partial charge in [-0.25, -0.2) is 19.9 Å². The fourth-order valence-electron chi connectivity index (χ4n) is 8.43. The molecule has 0 aliphatic rings. The minimum atomic E-state index is 0.618. The third kappa shape index (κ3) is 5.76. The van der Waals surface area contributed by atoms with Crippen molar-refractivity contribution in [2.24, 2.45) is 0 Å². The zero-order chi connectivity index (χ0) is 39.6. The van der Waals surface area contributed by atoms with E-state index < -0.39 is 0 Å². The normalized spacial score (nSPS) is 11.7. The fourth-order valence-corrected chi connectivity index (χ4v) is 9.64. The van der Waals surface area contributed by atoms with Crippen LogP contribution < -0.4 is 0 Å². The number of nitrogens with zero attached hydrogens (tertiary/aromatic N) is 4. The lowest BCUT2D eigenvalue weighted by molar-refractivity contribution is 0.669. The number of thiophene rings is 1. The van der Waals surface area contributed by atoms with Gasteiger partial charge in [0.1, 0.15) is 11.2 Å². The molecule has 0 saturated carbocycles. The lowest BCUT2D eigenvalue weighted by Crippen LogP contribution is -2.00. The molecule has 0 saturated heterocycles. The molecule has 280 valence electrons. The summed E-state index contributed by atoms with van der Waals surface area (Å²) in [5.41, 5.74) is 12.2. The van der Waals surface area contributed by atoms with E-state index in [0.717, 1.165) is 77.7 Å². The molecule has 0 N–H and O–H groups in total. The van der Waals surface area contributed by atoms with Crippen molar-refractivity contribution >= 4 is 64.4 Å². The molecule has 0 aliphatic carbocycles. The minimum Gasteiger partial charge on any atom is -0.456 e. The first-order chi connectivity index (χ1) is 29.7. The highest BCUT2D eigenvalue weighted by Crippen LogP contribution is 2.44. The molecule has 0 bridgehead atoms. The van der Waals surface area contributed by atoms with E-state index in [-0.39, 0.29) is 0 Å². The average molecular weight is 785 g/mol. The molecular formula is C54H32N4OS. The Kier molecular flexibility index (Phi) is 7.96. The van der Waals surface area contributed by atoms with Gasteiger partial charge in [-0.1, -0.05) is 164 Å². The fraction of sp³-hybridized carbons (Fsp3) is 0. The van der Waals surface area contributed by atoms with Gasteiger partial charge in [-0.2, -0.15) is 0 Å². The maximum absolute atomic E-state index is 6.18. The molecule has 4 heterocycles. The standard InChI is InChI=1S/C54H32N4OS/c1-3-12-35(13-4-1)50-51-49(41-16-7-9-19-44(41)55-50)43-32-39(30-31-47(43)60-51)33-22-26-37(27-23-33)53-56-52(36-14-5-2-6-15-36)57-54(58-53)38-28-24-34(25-29-38)40-18-11-21-46-48(40)42-17-8-10-20-45(42)59-46/h1-32H. The van der Waals surface area contributed by atoms with Crippen LogP contribution in [-0.2, 0) is 0 Å². The van der Waals surface area contributed by atoms with Crippen molar-refractivity contribution in [2.75, 3.05) is 0 Å². The van der Waals surface area contributed by atoms with Gasteiger partial charge in [-0.05, 0) is 52.6 Å². The number of hydrogen-bond acceptors (Lipinski definition) is 6. The predicted molar refractivity (Wildman–Crippen MR) is 248 cm³/mol. The zero-order valence-electron chi connectivity index (χ0n) is 32.1. The molecule has 0 aliphatic heterocycles. The van der Waals surface area contributed by atoms with Crippen molar-refractivity contribution in [3.05, 3.63) is 194 Å². The molecule has 0 unspecified atom stereocenters. The Morgan fingerprint density at radius 3 is 1.62 bits per heavy atom. The third-order valence-electron chi connectivity index (χ3n) is 11.4. The first-order valence-corrected chi connectivity index (χ1v) is 20.8. The second kappa shape index (κ2) is 13.9. The number of pyridine rings is 1. The number of aromatic nitrogens is 4. The first-order valence-electron chi connectivity index (χ1n) is 20.0. The SMILES string of the molecule is c1ccc(-c2nc(-c3ccc(-c4ccc5sc6c(-c7ccccc7)nc7ccccc7c6c5c4)cc3)nc(-c3ccc(-c4cccc5oc6ccccc6c45)cc3)n2)cc1. The molecule has 12 rings (SSSR count). The summed E-state index contributed by atoms with van der Waals surface area (Å²) in [4.78, 5) is 20.3. The second-order valence-electron chi connectivity index (χ2n) is 15.0. The van der Waals surface area contributed by atoms with Crippen LogP contribution >= 0.6 is 11.3 Å². The molecule has 5 nitrogen and oxygen atoms in total. The summed E-state index contributed by atoms with van der Waals surface area (Å²) in [7, 11) is 0. The Labute approximate surface area is 348 Å². The van der Waals surface area contributed by atoms with Gasteiger partial charge >= 0.3 is 0 Å². The first kappa shape index (κ1) is 34.3. The van der Waals surface area contributed by atoms with E-state index in [4.69, 9.17) is 24.4 Å². The predicted octanol–water partition coefficient (Wildman–Crippen LogP) is 14.7. The van der Waals surface area contributed by atoms with Crippen LogP contribution in [0.25, 0.3) is 121 Å². The Morgan fingerprint density at radius 1 is 0.350 bits per heavy atom. The van der Waals surface area contributed by atoms with E-state index in [1.807, 2.05) is 65.9 Å². The summed E-state index contributed by atoms with van der Waals surface area (Å²) >= 11 is 1.81. The highest BCUT2D eigenvalue weighted by Gasteiger charge is 2.18. The monoisotopic (exact) mass is 784 g/mol. The molecule has 0 fully saturated rings. The number of para-hydroxylation sites is 2. The van der Waals surface area contributed by atoms with Crippen LogP contribution in [0.3, 0.4) is 0 Å². The van der Waals surface area contributed by atoms with Crippen LogP contribution in [0.15, 0.2) is 199 Å². The van der Waals surface area contributed by atoms with E-state index in [1.165, 1.54) is 25.6 Å². The van der Waals surface area contributed by atoms with Crippen molar-refractivity contribution in [3.8, 4) is 67.7 Å². The van der Waals surface area contributed by atoms with E-state index in [0.29, 0.717) is 17.5 Å². The van der Waals surface area contributed by atoms with Crippen LogP contribution in [-0.4, -0.2) is 19.9 Å². The second-order valence-corrected chi connectivity index (χ2v) is 16.0. The van der Waals surface area contributed by atoms with Crippen molar-refractivity contribution in [1.82, 2.24) is 19.9 Å². The Morgan fingerprint density at radius 2 is 0.900 bits per heavy atom. The van der Waals surface area contributed by atoms with Crippen LogP contribution in [0.4, 0.5) is 0 Å². The van der Waals surface area contributed by atoms with Gasteiger partial charge < -0.3 is 4.42 Å². The van der Waals surface area contributed by atoms with Crippen molar-refractivity contribution < 1.29 is 4.42 Å². The summed E-state index contributed by atoms with van der Waals surface area (Å²) in [5, 5.41) is 5.89. The number of rotatable bonds is 6. The molecule has 8 aromatic carbocycles. The van der Waals surface area contributed by atoms with E-state index in [1.54, 1.807) is 0 Å². The minimum absolute atomic E-state index is 0.618. The van der Waals surface area contributed by atoms with Crippen molar-refractivity contribution in [1.29, 1.82) is 0 Å². The smallest absolute Gasteiger partial charge is 0.164 e. The van der Waals surface area contributed by atoms with Crippen molar-refractivity contribution in [2.45, 2.75) is 0 Å². The molecule has 0 spiro atoms. The van der Waals surface area contributed by atoms with E-state index in [9.17, 15) is 0 Å². The zero-order valence-corrected chi connectivity index (χ0v) is 32.9. The van der Waals surface area contributed by atoms with E-state index >= 15 is 0 Å². The molecule has 0 atom stereocenters. The lowest BCUT2D eigenvalue weighted by Gasteiger charge is -2.10. The number of fused-ring (bicyclic) bond motifs is 8. The van der Waals surface area contributed by atoms with Crippen LogP contribution in [0.5, 0.6) is 0 Å². The number of benzene rings is 8. The maximum Gasteiger partial charge on any atom is 0.164 e. The number of furan rings is 1. The molecule has 4 aromatic heterocycles. The van der Waals surface area contributed by atoms with Crippen LogP contribution in [0.2, 0.25) is 0 Å². The molecule has 6 heteroatoms. The van der Waals surface area contributed by atoms with Crippen LogP contribution in [0, 0.1) is 0 Å². The van der Waals surface area contributed by atoms with Gasteiger partial charge in [0.15, 0.2) is 17.5 Å². The summed E-state index contributed by atoms with van der Waals surface area (Å²) < 4.78 is 8.63. The summed E-state index contributed by atoms with van der Waals surface area (Å²) in [6.07, 6.45) is 0.